The van der Waals surface area contributed by atoms with Crippen LogP contribution in [0.2, 0.25) is 0 Å². The number of aromatic nitrogens is 3. The lowest BCUT2D eigenvalue weighted by atomic mass is 10.1. The van der Waals surface area contributed by atoms with E-state index in [0.717, 1.165) is 16.1 Å². The Kier molecular flexibility index (Phi) is 5.51. The molecule has 1 N–H and O–H groups in total. The summed E-state index contributed by atoms with van der Waals surface area (Å²) >= 11 is 1.44. The first-order valence-electron chi connectivity index (χ1n) is 10.6. The highest BCUT2D eigenvalue weighted by Gasteiger charge is 2.32. The van der Waals surface area contributed by atoms with E-state index < -0.39 is 10.0 Å². The number of pyridine rings is 1. The van der Waals surface area contributed by atoms with E-state index in [1.54, 1.807) is 28.6 Å². The number of rotatable bonds is 4. The van der Waals surface area contributed by atoms with Crippen LogP contribution in [-0.2, 0) is 10.0 Å². The molecule has 0 radical (unpaired) electrons. The molecule has 1 aliphatic heterocycles. The fourth-order valence-corrected chi connectivity index (χ4v) is 6.58. The number of aryl methyl sites for hydroxylation is 2. The van der Waals surface area contributed by atoms with Crippen molar-refractivity contribution in [2.45, 2.75) is 18.7 Å². The molecule has 170 valence electrons. The summed E-state index contributed by atoms with van der Waals surface area (Å²) in [6.07, 6.45) is 3.10. The van der Waals surface area contributed by atoms with Gasteiger partial charge in [0.15, 0.2) is 0 Å². The lowest BCUT2D eigenvalue weighted by Crippen LogP contribution is -2.50. The highest BCUT2D eigenvalue weighted by molar-refractivity contribution is 7.89. The van der Waals surface area contributed by atoms with Crippen LogP contribution in [0, 0.1) is 13.8 Å². The Labute approximate surface area is 196 Å². The number of H-pyrrole nitrogens is 1. The molecule has 1 saturated heterocycles. The second kappa shape index (κ2) is 8.36. The highest BCUT2D eigenvalue weighted by atomic mass is 32.2. The summed E-state index contributed by atoms with van der Waals surface area (Å²) in [5, 5.41) is 3.15. The van der Waals surface area contributed by atoms with Crippen LogP contribution in [0.1, 0.15) is 21.6 Å². The first-order valence-corrected chi connectivity index (χ1v) is 12.9. The number of aromatic amines is 1. The van der Waals surface area contributed by atoms with Crippen molar-refractivity contribution in [1.82, 2.24) is 24.2 Å². The zero-order valence-corrected chi connectivity index (χ0v) is 19.9. The Bertz CT molecular complexity index is 1450. The molecule has 0 saturated carbocycles. The number of carbonyl (C=O) groups is 1. The van der Waals surface area contributed by atoms with Gasteiger partial charge in [-0.05, 0) is 31.5 Å². The van der Waals surface area contributed by atoms with Gasteiger partial charge in [-0.15, -0.1) is 11.3 Å². The average Bonchev–Trinajstić information content (AvgIpc) is 3.47. The topological polar surface area (TPSA) is 99.3 Å². The van der Waals surface area contributed by atoms with Crippen molar-refractivity contribution in [3.05, 3.63) is 64.9 Å². The number of amides is 1. The SMILES string of the molecule is Cc1ccc(-c2nc(C(=O)N3CCN(S(=O)(=O)c4c[nH]c5ncccc45)CC3)cs2)c(C)c1. The van der Waals surface area contributed by atoms with E-state index in [2.05, 4.69) is 21.0 Å². The molecule has 0 spiro atoms. The summed E-state index contributed by atoms with van der Waals surface area (Å²) in [7, 11) is -3.69. The second-order valence-corrected chi connectivity index (χ2v) is 10.9. The van der Waals surface area contributed by atoms with Crippen molar-refractivity contribution in [3.8, 4) is 10.6 Å². The summed E-state index contributed by atoms with van der Waals surface area (Å²) < 4.78 is 27.8. The Morgan fingerprint density at radius 3 is 2.67 bits per heavy atom. The van der Waals surface area contributed by atoms with Crippen LogP contribution in [-0.4, -0.2) is 64.7 Å². The van der Waals surface area contributed by atoms with Gasteiger partial charge in [0.2, 0.25) is 10.0 Å². The Balaban J connectivity index is 1.29. The molecule has 1 aliphatic rings. The minimum atomic E-state index is -3.69. The van der Waals surface area contributed by atoms with Gasteiger partial charge in [-0.1, -0.05) is 23.8 Å². The van der Waals surface area contributed by atoms with Crippen molar-refractivity contribution in [1.29, 1.82) is 0 Å². The molecule has 0 unspecified atom stereocenters. The van der Waals surface area contributed by atoms with Crippen molar-refractivity contribution < 1.29 is 13.2 Å². The molecule has 1 amide bonds. The quantitative estimate of drug-likeness (QED) is 0.481. The third-order valence-electron chi connectivity index (χ3n) is 5.89. The van der Waals surface area contributed by atoms with Crippen molar-refractivity contribution >= 4 is 38.3 Å². The molecular weight excluding hydrogens is 458 g/mol. The van der Waals surface area contributed by atoms with E-state index in [9.17, 15) is 13.2 Å². The molecule has 33 heavy (non-hydrogen) atoms. The number of carbonyl (C=O) groups excluding carboxylic acids is 1. The molecule has 1 aromatic carbocycles. The smallest absolute Gasteiger partial charge is 0.273 e. The van der Waals surface area contributed by atoms with Crippen molar-refractivity contribution in [3.63, 3.8) is 0 Å². The van der Waals surface area contributed by atoms with Gasteiger partial charge in [0.25, 0.3) is 5.91 Å². The first-order chi connectivity index (χ1) is 15.8. The largest absolute Gasteiger partial charge is 0.345 e. The monoisotopic (exact) mass is 481 g/mol. The van der Waals surface area contributed by atoms with Gasteiger partial charge in [-0.25, -0.2) is 18.4 Å². The number of fused-ring (bicyclic) bond motifs is 1. The van der Waals surface area contributed by atoms with Crippen LogP contribution in [0.4, 0.5) is 0 Å². The van der Waals surface area contributed by atoms with Gasteiger partial charge in [0.1, 0.15) is 21.2 Å². The summed E-state index contributed by atoms with van der Waals surface area (Å²) in [6, 6.07) is 9.62. The minimum absolute atomic E-state index is 0.171. The highest BCUT2D eigenvalue weighted by Crippen LogP contribution is 2.29. The Hall–Kier alpha value is -3.08. The fourth-order valence-electron chi connectivity index (χ4n) is 4.13. The summed E-state index contributed by atoms with van der Waals surface area (Å²) in [5.74, 6) is -0.171. The van der Waals surface area contributed by atoms with Gasteiger partial charge in [0.05, 0.1) is 0 Å². The average molecular weight is 482 g/mol. The summed E-state index contributed by atoms with van der Waals surface area (Å²) in [5.41, 5.74) is 4.26. The lowest BCUT2D eigenvalue weighted by Gasteiger charge is -2.33. The van der Waals surface area contributed by atoms with Gasteiger partial charge >= 0.3 is 0 Å². The van der Waals surface area contributed by atoms with Crippen molar-refractivity contribution in [2.24, 2.45) is 0 Å². The van der Waals surface area contributed by atoms with Crippen LogP contribution in [0.3, 0.4) is 0 Å². The normalized spacial score (nSPS) is 15.3. The van der Waals surface area contributed by atoms with Gasteiger partial charge in [0, 0.05) is 54.9 Å². The molecular formula is C23H23N5O3S2. The first kappa shape index (κ1) is 21.7. The minimum Gasteiger partial charge on any atom is -0.345 e. The van der Waals surface area contributed by atoms with E-state index in [4.69, 9.17) is 0 Å². The molecule has 10 heteroatoms. The molecule has 4 heterocycles. The summed E-state index contributed by atoms with van der Waals surface area (Å²) in [6.45, 7) is 5.17. The lowest BCUT2D eigenvalue weighted by molar-refractivity contribution is 0.0693. The second-order valence-electron chi connectivity index (χ2n) is 8.11. The molecule has 0 bridgehead atoms. The predicted octanol–water partition coefficient (Wildman–Crippen LogP) is 3.45. The zero-order valence-electron chi connectivity index (χ0n) is 18.3. The van der Waals surface area contributed by atoms with Crippen molar-refractivity contribution in [2.75, 3.05) is 26.2 Å². The number of piperazine rings is 1. The van der Waals surface area contributed by atoms with Crippen LogP contribution in [0.25, 0.3) is 21.6 Å². The van der Waals surface area contributed by atoms with Crippen LogP contribution < -0.4 is 0 Å². The van der Waals surface area contributed by atoms with Gasteiger partial charge < -0.3 is 9.88 Å². The zero-order chi connectivity index (χ0) is 23.2. The number of thiazole rings is 1. The number of sulfonamides is 1. The maximum absolute atomic E-state index is 13.2. The van der Waals surface area contributed by atoms with E-state index in [1.165, 1.54) is 27.4 Å². The Morgan fingerprint density at radius 2 is 1.91 bits per heavy atom. The third-order valence-corrected chi connectivity index (χ3v) is 8.71. The van der Waals surface area contributed by atoms with E-state index in [1.807, 2.05) is 26.0 Å². The third kappa shape index (κ3) is 3.94. The predicted molar refractivity (Wildman–Crippen MR) is 128 cm³/mol. The molecule has 0 aliphatic carbocycles. The van der Waals surface area contributed by atoms with E-state index in [-0.39, 0.29) is 23.9 Å². The summed E-state index contributed by atoms with van der Waals surface area (Å²) in [4.78, 5) is 26.6. The van der Waals surface area contributed by atoms with Gasteiger partial charge in [-0.2, -0.15) is 4.31 Å². The molecule has 3 aromatic heterocycles. The molecule has 8 nitrogen and oxygen atoms in total. The molecule has 0 atom stereocenters. The number of nitrogens with zero attached hydrogens (tertiary/aromatic N) is 4. The fraction of sp³-hybridized carbons (Fsp3) is 0.261. The molecule has 5 rings (SSSR count). The number of hydrogen-bond acceptors (Lipinski definition) is 6. The van der Waals surface area contributed by atoms with Gasteiger partial charge in [-0.3, -0.25) is 4.79 Å². The maximum atomic E-state index is 13.2. The Morgan fingerprint density at radius 1 is 1.12 bits per heavy atom. The number of benzene rings is 1. The molecule has 4 aromatic rings. The van der Waals surface area contributed by atoms with Crippen LogP contribution in [0.15, 0.2) is 53.0 Å². The van der Waals surface area contributed by atoms with Crippen LogP contribution in [0.5, 0.6) is 0 Å². The maximum Gasteiger partial charge on any atom is 0.273 e. The van der Waals surface area contributed by atoms with E-state index >= 15 is 0 Å². The number of hydrogen-bond donors (Lipinski definition) is 1. The van der Waals surface area contributed by atoms with Crippen LogP contribution >= 0.6 is 11.3 Å². The molecule has 1 fully saturated rings. The van der Waals surface area contributed by atoms with E-state index in [0.29, 0.717) is 29.8 Å². The standard InChI is InChI=1S/C23H23N5O3S2/c1-15-5-6-17(16(2)12-15)22-26-19(14-32-22)23(29)27-8-10-28(11-9-27)33(30,31)20-13-25-21-18(20)4-3-7-24-21/h3-7,12-14H,8-11H2,1-2H3,(H,24,25). The number of nitrogens with one attached hydrogen (secondary N) is 1.